The highest BCUT2D eigenvalue weighted by atomic mass is 16.5. The fourth-order valence-corrected chi connectivity index (χ4v) is 1.89. The highest BCUT2D eigenvalue weighted by molar-refractivity contribution is 5.78. The lowest BCUT2D eigenvalue weighted by Crippen LogP contribution is -2.56. The number of nitrogens with one attached hydrogen (secondary N) is 1. The van der Waals surface area contributed by atoms with Gasteiger partial charge in [-0.2, -0.15) is 5.10 Å². The van der Waals surface area contributed by atoms with Crippen LogP contribution >= 0.6 is 0 Å². The van der Waals surface area contributed by atoms with E-state index in [0.717, 1.165) is 11.4 Å². The van der Waals surface area contributed by atoms with Gasteiger partial charge in [-0.1, -0.05) is 13.8 Å². The van der Waals surface area contributed by atoms with E-state index in [4.69, 9.17) is 10.5 Å². The summed E-state index contributed by atoms with van der Waals surface area (Å²) in [7, 11) is 1.85. The molecule has 0 bridgehead atoms. The molecule has 6 heteroatoms. The van der Waals surface area contributed by atoms with Crippen LogP contribution in [0, 0.1) is 19.8 Å². The van der Waals surface area contributed by atoms with Crippen LogP contribution in [0.5, 0.6) is 5.75 Å². The second-order valence-electron chi connectivity index (χ2n) is 5.74. The van der Waals surface area contributed by atoms with Gasteiger partial charge in [-0.3, -0.25) is 9.48 Å². The van der Waals surface area contributed by atoms with Crippen molar-refractivity contribution in [3.8, 4) is 5.75 Å². The molecule has 1 heterocycles. The van der Waals surface area contributed by atoms with Crippen LogP contribution in [-0.2, 0) is 11.8 Å². The molecule has 1 atom stereocenters. The molecule has 0 saturated heterocycles. The van der Waals surface area contributed by atoms with Gasteiger partial charge in [-0.25, -0.2) is 0 Å². The maximum atomic E-state index is 12.0. The quantitative estimate of drug-likeness (QED) is 0.812. The van der Waals surface area contributed by atoms with E-state index in [0.29, 0.717) is 12.3 Å². The van der Waals surface area contributed by atoms with E-state index in [9.17, 15) is 4.79 Å². The smallest absolute Gasteiger partial charge is 0.258 e. The molecule has 1 rings (SSSR count). The van der Waals surface area contributed by atoms with Crippen molar-refractivity contribution in [2.75, 3.05) is 13.2 Å². The Morgan fingerprint density at radius 3 is 2.50 bits per heavy atom. The van der Waals surface area contributed by atoms with Crippen molar-refractivity contribution in [1.82, 2.24) is 15.1 Å². The van der Waals surface area contributed by atoms with Crippen molar-refractivity contribution in [3.63, 3.8) is 0 Å². The van der Waals surface area contributed by atoms with Crippen molar-refractivity contribution in [2.24, 2.45) is 18.7 Å². The highest BCUT2D eigenvalue weighted by Gasteiger charge is 2.28. The molecule has 1 amide bonds. The SMILES string of the molecule is Cc1nn(C)c(C)c1OCC(=O)NC(C)(CN)C(C)C. The fraction of sp³-hybridized carbons (Fsp3) is 0.714. The number of aryl methyl sites for hydroxylation is 2. The average molecular weight is 282 g/mol. The molecule has 0 spiro atoms. The molecule has 0 radical (unpaired) electrons. The summed E-state index contributed by atoms with van der Waals surface area (Å²) in [5, 5.41) is 7.19. The van der Waals surface area contributed by atoms with Crippen molar-refractivity contribution in [3.05, 3.63) is 11.4 Å². The molecule has 0 aliphatic carbocycles. The number of aromatic nitrogens is 2. The summed E-state index contributed by atoms with van der Waals surface area (Å²) in [4.78, 5) is 12.0. The summed E-state index contributed by atoms with van der Waals surface area (Å²) in [6.07, 6.45) is 0. The summed E-state index contributed by atoms with van der Waals surface area (Å²) in [6, 6.07) is 0. The van der Waals surface area contributed by atoms with Crippen molar-refractivity contribution < 1.29 is 9.53 Å². The van der Waals surface area contributed by atoms with Gasteiger partial charge >= 0.3 is 0 Å². The van der Waals surface area contributed by atoms with E-state index in [2.05, 4.69) is 10.4 Å². The number of ether oxygens (including phenoxy) is 1. The van der Waals surface area contributed by atoms with Crippen LogP contribution in [0.15, 0.2) is 0 Å². The van der Waals surface area contributed by atoms with Gasteiger partial charge in [0.2, 0.25) is 0 Å². The number of carbonyl (C=O) groups excluding carboxylic acids is 1. The van der Waals surface area contributed by atoms with E-state index in [-0.39, 0.29) is 18.4 Å². The fourth-order valence-electron chi connectivity index (χ4n) is 1.89. The van der Waals surface area contributed by atoms with Crippen molar-refractivity contribution >= 4 is 5.91 Å². The number of hydrogen-bond acceptors (Lipinski definition) is 4. The zero-order chi connectivity index (χ0) is 15.5. The van der Waals surface area contributed by atoms with Gasteiger partial charge in [-0.15, -0.1) is 0 Å². The van der Waals surface area contributed by atoms with Crippen LogP contribution in [0.4, 0.5) is 0 Å². The van der Waals surface area contributed by atoms with Crippen molar-refractivity contribution in [1.29, 1.82) is 0 Å². The lowest BCUT2D eigenvalue weighted by atomic mass is 9.88. The number of hydrogen-bond donors (Lipinski definition) is 2. The summed E-state index contributed by atoms with van der Waals surface area (Å²) < 4.78 is 7.32. The molecule has 1 unspecified atom stereocenters. The third-order valence-corrected chi connectivity index (χ3v) is 3.91. The van der Waals surface area contributed by atoms with Gasteiger partial charge in [0.05, 0.1) is 11.2 Å². The average Bonchev–Trinajstić information content (AvgIpc) is 2.61. The Morgan fingerprint density at radius 1 is 1.50 bits per heavy atom. The molecule has 1 aromatic heterocycles. The summed E-state index contributed by atoms with van der Waals surface area (Å²) in [5.41, 5.74) is 7.01. The lowest BCUT2D eigenvalue weighted by molar-refractivity contribution is -0.125. The first-order valence-corrected chi connectivity index (χ1v) is 6.85. The summed E-state index contributed by atoms with van der Waals surface area (Å²) in [5.74, 6) is 0.745. The Labute approximate surface area is 120 Å². The Hall–Kier alpha value is -1.56. The van der Waals surface area contributed by atoms with Crippen LogP contribution in [-0.4, -0.2) is 34.4 Å². The number of nitrogens with zero attached hydrogens (tertiary/aromatic N) is 2. The molecule has 20 heavy (non-hydrogen) atoms. The third kappa shape index (κ3) is 3.50. The molecule has 1 aromatic rings. The molecular weight excluding hydrogens is 256 g/mol. The van der Waals surface area contributed by atoms with E-state index < -0.39 is 5.54 Å². The topological polar surface area (TPSA) is 82.2 Å². The van der Waals surface area contributed by atoms with Crippen LogP contribution in [0.3, 0.4) is 0 Å². The molecular formula is C14H26N4O2. The van der Waals surface area contributed by atoms with Crippen molar-refractivity contribution in [2.45, 2.75) is 40.2 Å². The maximum absolute atomic E-state index is 12.0. The molecule has 114 valence electrons. The first-order chi connectivity index (χ1) is 9.21. The van der Waals surface area contributed by atoms with Crippen LogP contribution in [0.25, 0.3) is 0 Å². The standard InChI is InChI=1S/C14H26N4O2/c1-9(2)14(5,8-15)16-12(19)7-20-13-10(3)17-18(6)11(13)4/h9H,7-8,15H2,1-6H3,(H,16,19). The first kappa shape index (κ1) is 16.5. The summed E-state index contributed by atoms with van der Waals surface area (Å²) >= 11 is 0. The number of rotatable bonds is 6. The molecule has 0 aliphatic heterocycles. The first-order valence-electron chi connectivity index (χ1n) is 6.85. The largest absolute Gasteiger partial charge is 0.480 e. The van der Waals surface area contributed by atoms with Crippen LogP contribution in [0.2, 0.25) is 0 Å². The minimum atomic E-state index is -0.417. The Balaban J connectivity index is 2.64. The van der Waals surface area contributed by atoms with Gasteiger partial charge in [0.15, 0.2) is 12.4 Å². The Kier molecular flexibility index (Phi) is 5.16. The second-order valence-corrected chi connectivity index (χ2v) is 5.74. The monoisotopic (exact) mass is 282 g/mol. The number of carbonyl (C=O) groups is 1. The maximum Gasteiger partial charge on any atom is 0.258 e. The minimum absolute atomic E-state index is 0.0321. The van der Waals surface area contributed by atoms with Gasteiger partial charge in [0.1, 0.15) is 5.69 Å². The number of nitrogens with two attached hydrogens (primary N) is 1. The molecule has 0 aliphatic rings. The van der Waals surface area contributed by atoms with Crippen LogP contribution in [0.1, 0.15) is 32.2 Å². The normalized spacial score (nSPS) is 14.2. The minimum Gasteiger partial charge on any atom is -0.480 e. The van der Waals surface area contributed by atoms with E-state index in [1.807, 2.05) is 41.7 Å². The summed E-state index contributed by atoms with van der Waals surface area (Å²) in [6.45, 7) is 10.1. The second kappa shape index (κ2) is 6.26. The highest BCUT2D eigenvalue weighted by Crippen LogP contribution is 2.21. The zero-order valence-electron chi connectivity index (χ0n) is 13.3. The Bertz CT molecular complexity index is 482. The molecule has 0 saturated carbocycles. The van der Waals surface area contributed by atoms with E-state index in [1.165, 1.54) is 0 Å². The molecule has 0 aromatic carbocycles. The predicted octanol–water partition coefficient (Wildman–Crippen LogP) is 0.905. The molecule has 0 fully saturated rings. The number of amides is 1. The van der Waals surface area contributed by atoms with Gasteiger partial charge in [-0.05, 0) is 26.7 Å². The predicted molar refractivity (Wildman–Crippen MR) is 78.6 cm³/mol. The van der Waals surface area contributed by atoms with Gasteiger partial charge in [0, 0.05) is 13.6 Å². The molecule has 3 N–H and O–H groups in total. The zero-order valence-corrected chi connectivity index (χ0v) is 13.3. The van der Waals surface area contributed by atoms with E-state index in [1.54, 1.807) is 4.68 Å². The van der Waals surface area contributed by atoms with Gasteiger partial charge in [0.25, 0.3) is 5.91 Å². The lowest BCUT2D eigenvalue weighted by Gasteiger charge is -2.33. The Morgan fingerprint density at radius 2 is 2.10 bits per heavy atom. The molecule has 6 nitrogen and oxygen atoms in total. The van der Waals surface area contributed by atoms with Crippen LogP contribution < -0.4 is 15.8 Å². The van der Waals surface area contributed by atoms with Gasteiger partial charge < -0.3 is 15.8 Å². The third-order valence-electron chi connectivity index (χ3n) is 3.91. The van der Waals surface area contributed by atoms with E-state index >= 15 is 0 Å².